The Labute approximate surface area is 105 Å². The Kier molecular flexibility index (Phi) is 3.29. The summed E-state index contributed by atoms with van der Waals surface area (Å²) in [7, 11) is 1.62. The molecule has 1 aromatic heterocycles. The first-order chi connectivity index (χ1) is 8.13. The minimum Gasteiger partial charge on any atom is -0.496 e. The quantitative estimate of drug-likeness (QED) is 0.773. The predicted molar refractivity (Wildman–Crippen MR) is 70.2 cm³/mol. The van der Waals surface area contributed by atoms with Crippen LogP contribution in [0.1, 0.15) is 26.4 Å². The highest BCUT2D eigenvalue weighted by Gasteiger charge is 2.14. The predicted octanol–water partition coefficient (Wildman–Crippen LogP) is 3.60. The van der Waals surface area contributed by atoms with E-state index in [9.17, 15) is 4.79 Å². The Morgan fingerprint density at radius 3 is 2.53 bits per heavy atom. The molecule has 0 spiro atoms. The smallest absolute Gasteiger partial charge is 0.203 e. The van der Waals surface area contributed by atoms with Gasteiger partial charge in [0.15, 0.2) is 0 Å². The number of aryl methyl sites for hydroxylation is 2. The second-order valence-electron chi connectivity index (χ2n) is 3.95. The third kappa shape index (κ3) is 2.24. The van der Waals surface area contributed by atoms with Crippen molar-refractivity contribution in [2.75, 3.05) is 7.11 Å². The number of rotatable bonds is 3. The molecular formula is C14H14O2S. The summed E-state index contributed by atoms with van der Waals surface area (Å²) >= 11 is 1.48. The lowest BCUT2D eigenvalue weighted by Crippen LogP contribution is -2.01. The van der Waals surface area contributed by atoms with E-state index in [1.807, 2.05) is 37.4 Å². The zero-order valence-electron chi connectivity index (χ0n) is 10.1. The maximum absolute atomic E-state index is 12.3. The molecule has 88 valence electrons. The molecule has 0 saturated carbocycles. The molecule has 0 atom stereocenters. The van der Waals surface area contributed by atoms with Crippen molar-refractivity contribution < 1.29 is 9.53 Å². The number of benzene rings is 1. The Morgan fingerprint density at radius 1 is 1.18 bits per heavy atom. The van der Waals surface area contributed by atoms with Gasteiger partial charge in [0, 0.05) is 5.56 Å². The van der Waals surface area contributed by atoms with Gasteiger partial charge in [-0.05, 0) is 42.5 Å². The van der Waals surface area contributed by atoms with Gasteiger partial charge in [-0.1, -0.05) is 12.1 Å². The number of carbonyl (C=O) groups excluding carboxylic acids is 1. The van der Waals surface area contributed by atoms with Gasteiger partial charge in [0.2, 0.25) is 5.78 Å². The van der Waals surface area contributed by atoms with Crippen LogP contribution in [0, 0.1) is 13.8 Å². The van der Waals surface area contributed by atoms with Gasteiger partial charge in [-0.3, -0.25) is 4.79 Å². The minimum absolute atomic E-state index is 0.0656. The van der Waals surface area contributed by atoms with E-state index in [1.54, 1.807) is 13.2 Å². The summed E-state index contributed by atoms with van der Waals surface area (Å²) in [6.07, 6.45) is 0. The molecule has 1 aromatic carbocycles. The fraction of sp³-hybridized carbons (Fsp3) is 0.214. The number of methoxy groups -OCH3 is 1. The molecule has 2 aromatic rings. The Morgan fingerprint density at radius 2 is 1.94 bits per heavy atom. The van der Waals surface area contributed by atoms with E-state index in [0.29, 0.717) is 5.56 Å². The number of thiophene rings is 1. The average molecular weight is 246 g/mol. The molecule has 0 N–H and O–H groups in total. The molecule has 1 heterocycles. The van der Waals surface area contributed by atoms with E-state index in [0.717, 1.165) is 21.8 Å². The summed E-state index contributed by atoms with van der Waals surface area (Å²) in [5.74, 6) is 0.820. The van der Waals surface area contributed by atoms with Crippen molar-refractivity contribution in [2.24, 2.45) is 0 Å². The molecule has 2 nitrogen and oxygen atoms in total. The van der Waals surface area contributed by atoms with Crippen molar-refractivity contribution in [3.05, 3.63) is 51.2 Å². The fourth-order valence-corrected chi connectivity index (χ4v) is 2.58. The molecule has 0 aliphatic rings. The van der Waals surface area contributed by atoms with Crippen molar-refractivity contribution in [3.63, 3.8) is 0 Å². The van der Waals surface area contributed by atoms with Gasteiger partial charge in [-0.15, -0.1) is 11.3 Å². The number of carbonyl (C=O) groups is 1. The SMILES string of the molecule is COc1cc(C(=O)c2sccc2C)ccc1C. The van der Waals surface area contributed by atoms with Gasteiger partial charge in [-0.25, -0.2) is 0 Å². The largest absolute Gasteiger partial charge is 0.496 e. The van der Waals surface area contributed by atoms with E-state index >= 15 is 0 Å². The molecule has 0 unspecified atom stereocenters. The highest BCUT2D eigenvalue weighted by atomic mass is 32.1. The fourth-order valence-electron chi connectivity index (χ4n) is 1.70. The lowest BCUT2D eigenvalue weighted by Gasteiger charge is -2.06. The second-order valence-corrected chi connectivity index (χ2v) is 4.86. The number of ketones is 1. The summed E-state index contributed by atoms with van der Waals surface area (Å²) in [5, 5.41) is 1.94. The zero-order valence-corrected chi connectivity index (χ0v) is 10.9. The van der Waals surface area contributed by atoms with Crippen molar-refractivity contribution in [1.29, 1.82) is 0 Å². The maximum Gasteiger partial charge on any atom is 0.203 e. The number of hydrogen-bond donors (Lipinski definition) is 0. The molecular weight excluding hydrogens is 232 g/mol. The monoisotopic (exact) mass is 246 g/mol. The molecule has 3 heteroatoms. The standard InChI is InChI=1S/C14H14O2S/c1-9-4-5-11(8-12(9)16-3)13(15)14-10(2)6-7-17-14/h4-8H,1-3H3. The van der Waals surface area contributed by atoms with Crippen LogP contribution >= 0.6 is 11.3 Å². The normalized spacial score (nSPS) is 10.3. The summed E-state index contributed by atoms with van der Waals surface area (Å²) in [6.45, 7) is 3.92. The molecule has 0 bridgehead atoms. The first-order valence-electron chi connectivity index (χ1n) is 5.37. The van der Waals surface area contributed by atoms with Crippen LogP contribution in [-0.2, 0) is 0 Å². The Bertz CT molecular complexity index is 555. The van der Waals surface area contributed by atoms with Crippen molar-refractivity contribution >= 4 is 17.1 Å². The molecule has 0 aliphatic carbocycles. The van der Waals surface area contributed by atoms with Gasteiger partial charge >= 0.3 is 0 Å². The first kappa shape index (κ1) is 11.9. The van der Waals surface area contributed by atoms with Crippen molar-refractivity contribution in [1.82, 2.24) is 0 Å². The highest BCUT2D eigenvalue weighted by Crippen LogP contribution is 2.24. The van der Waals surface area contributed by atoms with Crippen LogP contribution in [0.15, 0.2) is 29.6 Å². The minimum atomic E-state index is 0.0656. The maximum atomic E-state index is 12.3. The van der Waals surface area contributed by atoms with Gasteiger partial charge in [-0.2, -0.15) is 0 Å². The number of ether oxygens (including phenoxy) is 1. The third-order valence-electron chi connectivity index (χ3n) is 2.74. The van der Waals surface area contributed by atoms with E-state index in [-0.39, 0.29) is 5.78 Å². The molecule has 0 fully saturated rings. The first-order valence-corrected chi connectivity index (χ1v) is 6.25. The Hall–Kier alpha value is -1.61. The number of hydrogen-bond acceptors (Lipinski definition) is 3. The Balaban J connectivity index is 2.41. The second kappa shape index (κ2) is 4.72. The summed E-state index contributed by atoms with van der Waals surface area (Å²) in [4.78, 5) is 13.1. The average Bonchev–Trinajstić information content (AvgIpc) is 2.75. The molecule has 2 rings (SSSR count). The zero-order chi connectivity index (χ0) is 12.4. The molecule has 0 saturated heterocycles. The van der Waals surface area contributed by atoms with E-state index in [2.05, 4.69) is 0 Å². The summed E-state index contributed by atoms with van der Waals surface area (Å²) < 4.78 is 5.23. The van der Waals surface area contributed by atoms with Crippen molar-refractivity contribution in [3.8, 4) is 5.75 Å². The molecule has 0 aliphatic heterocycles. The third-order valence-corrected chi connectivity index (χ3v) is 3.75. The van der Waals surface area contributed by atoms with Gasteiger partial charge in [0.25, 0.3) is 0 Å². The molecule has 0 amide bonds. The van der Waals surface area contributed by atoms with Crippen LogP contribution < -0.4 is 4.74 Å². The summed E-state index contributed by atoms with van der Waals surface area (Å²) in [6, 6.07) is 7.52. The van der Waals surface area contributed by atoms with Gasteiger partial charge in [0.05, 0.1) is 12.0 Å². The van der Waals surface area contributed by atoms with E-state index < -0.39 is 0 Å². The van der Waals surface area contributed by atoms with Crippen LogP contribution in [0.4, 0.5) is 0 Å². The lowest BCUT2D eigenvalue weighted by molar-refractivity contribution is 0.104. The van der Waals surface area contributed by atoms with E-state index in [4.69, 9.17) is 4.74 Å². The molecule has 0 radical (unpaired) electrons. The lowest BCUT2D eigenvalue weighted by atomic mass is 10.1. The van der Waals surface area contributed by atoms with Gasteiger partial charge in [0.1, 0.15) is 5.75 Å². The van der Waals surface area contributed by atoms with Crippen LogP contribution in [0.5, 0.6) is 5.75 Å². The molecule has 17 heavy (non-hydrogen) atoms. The van der Waals surface area contributed by atoms with Crippen molar-refractivity contribution in [2.45, 2.75) is 13.8 Å². The van der Waals surface area contributed by atoms with Crippen LogP contribution in [0.25, 0.3) is 0 Å². The van der Waals surface area contributed by atoms with Crippen LogP contribution in [-0.4, -0.2) is 12.9 Å². The van der Waals surface area contributed by atoms with Crippen LogP contribution in [0.3, 0.4) is 0 Å². The van der Waals surface area contributed by atoms with E-state index in [1.165, 1.54) is 11.3 Å². The summed E-state index contributed by atoms with van der Waals surface area (Å²) in [5.41, 5.74) is 2.74. The van der Waals surface area contributed by atoms with Crippen LogP contribution in [0.2, 0.25) is 0 Å². The highest BCUT2D eigenvalue weighted by molar-refractivity contribution is 7.12. The topological polar surface area (TPSA) is 26.3 Å². The van der Waals surface area contributed by atoms with Gasteiger partial charge < -0.3 is 4.74 Å².